The second kappa shape index (κ2) is 7.39. The van der Waals surface area contributed by atoms with E-state index in [1.54, 1.807) is 6.20 Å². The van der Waals surface area contributed by atoms with E-state index in [0.717, 1.165) is 42.4 Å². The molecule has 0 aliphatic carbocycles. The number of imidazole rings is 1. The van der Waals surface area contributed by atoms with Gasteiger partial charge in [-0.15, -0.1) is 0 Å². The molecule has 0 saturated carbocycles. The number of rotatable bonds is 6. The summed E-state index contributed by atoms with van der Waals surface area (Å²) < 4.78 is 13.3. The van der Waals surface area contributed by atoms with Gasteiger partial charge in [0.15, 0.2) is 0 Å². The van der Waals surface area contributed by atoms with Crippen LogP contribution in [0.4, 0.5) is 0 Å². The maximum absolute atomic E-state index is 5.99. The molecule has 3 aromatic rings. The second-order valence-electron chi connectivity index (χ2n) is 6.78. The summed E-state index contributed by atoms with van der Waals surface area (Å²) in [6.07, 6.45) is 4.59. The lowest BCUT2D eigenvalue weighted by atomic mass is 10.0. The van der Waals surface area contributed by atoms with Gasteiger partial charge >= 0.3 is 0 Å². The molecule has 0 aromatic carbocycles. The van der Waals surface area contributed by atoms with Gasteiger partial charge in [-0.1, -0.05) is 11.2 Å². The molecule has 0 spiro atoms. The molecule has 26 heavy (non-hydrogen) atoms. The molecule has 0 radical (unpaired) electrons. The zero-order chi connectivity index (χ0) is 17.9. The summed E-state index contributed by atoms with van der Waals surface area (Å²) in [4.78, 5) is 11.2. The van der Waals surface area contributed by atoms with Gasteiger partial charge in [-0.05, 0) is 19.1 Å². The third-order valence-corrected chi connectivity index (χ3v) is 4.77. The number of fused-ring (bicyclic) bond motifs is 1. The van der Waals surface area contributed by atoms with E-state index < -0.39 is 0 Å². The van der Waals surface area contributed by atoms with Gasteiger partial charge in [-0.3, -0.25) is 9.88 Å². The van der Waals surface area contributed by atoms with Crippen LogP contribution >= 0.6 is 0 Å². The molecule has 0 N–H and O–H groups in total. The largest absolute Gasteiger partial charge is 0.374 e. The molecule has 0 fully saturated rings. The van der Waals surface area contributed by atoms with Crippen LogP contribution in [0.2, 0.25) is 0 Å². The van der Waals surface area contributed by atoms with Crippen molar-refractivity contribution in [3.8, 4) is 0 Å². The maximum Gasteiger partial charge on any atom is 0.133 e. The SMILES string of the molecule is Cc1cc(CN2Cc3ncn(C)c3CC2COCc2ccccn2)no1. The highest BCUT2D eigenvalue weighted by atomic mass is 16.5. The molecular weight excluding hydrogens is 330 g/mol. The molecule has 3 aromatic heterocycles. The van der Waals surface area contributed by atoms with Gasteiger partial charge in [0.1, 0.15) is 5.76 Å². The highest BCUT2D eigenvalue weighted by Gasteiger charge is 2.29. The Kier molecular flexibility index (Phi) is 4.81. The summed E-state index contributed by atoms with van der Waals surface area (Å²) in [6, 6.07) is 8.12. The smallest absolute Gasteiger partial charge is 0.133 e. The maximum atomic E-state index is 5.99. The quantitative estimate of drug-likeness (QED) is 0.677. The molecule has 1 atom stereocenters. The molecule has 7 heteroatoms. The van der Waals surface area contributed by atoms with Crippen molar-refractivity contribution in [2.75, 3.05) is 6.61 Å². The molecule has 0 amide bonds. The monoisotopic (exact) mass is 353 g/mol. The number of hydrogen-bond acceptors (Lipinski definition) is 6. The highest BCUT2D eigenvalue weighted by Crippen LogP contribution is 2.24. The van der Waals surface area contributed by atoms with Crippen molar-refractivity contribution in [2.24, 2.45) is 7.05 Å². The lowest BCUT2D eigenvalue weighted by Gasteiger charge is -2.34. The minimum absolute atomic E-state index is 0.263. The van der Waals surface area contributed by atoms with Crippen molar-refractivity contribution in [3.63, 3.8) is 0 Å². The van der Waals surface area contributed by atoms with Crippen molar-refractivity contribution in [2.45, 2.75) is 39.1 Å². The summed E-state index contributed by atoms with van der Waals surface area (Å²) in [7, 11) is 2.05. The molecule has 1 aliphatic rings. The van der Waals surface area contributed by atoms with Crippen LogP contribution in [0, 0.1) is 6.92 Å². The van der Waals surface area contributed by atoms with Crippen LogP contribution < -0.4 is 0 Å². The predicted molar refractivity (Wildman–Crippen MR) is 95.1 cm³/mol. The molecule has 4 rings (SSSR count). The zero-order valence-corrected chi connectivity index (χ0v) is 15.1. The summed E-state index contributed by atoms with van der Waals surface area (Å²) in [5, 5.41) is 4.14. The lowest BCUT2D eigenvalue weighted by molar-refractivity contribution is 0.0339. The van der Waals surface area contributed by atoms with Crippen molar-refractivity contribution < 1.29 is 9.26 Å². The molecule has 0 saturated heterocycles. The molecule has 136 valence electrons. The Bertz CT molecular complexity index is 858. The van der Waals surface area contributed by atoms with Gasteiger partial charge in [-0.25, -0.2) is 4.98 Å². The third kappa shape index (κ3) is 3.68. The fourth-order valence-electron chi connectivity index (χ4n) is 3.40. The topological polar surface area (TPSA) is 69.2 Å². The van der Waals surface area contributed by atoms with Crippen LogP contribution in [-0.4, -0.2) is 37.2 Å². The Morgan fingerprint density at radius 3 is 2.96 bits per heavy atom. The Balaban J connectivity index is 1.46. The van der Waals surface area contributed by atoms with Crippen LogP contribution in [0.5, 0.6) is 0 Å². The van der Waals surface area contributed by atoms with Crippen molar-refractivity contribution in [1.82, 2.24) is 24.6 Å². The minimum atomic E-state index is 0.263. The van der Waals surface area contributed by atoms with E-state index in [4.69, 9.17) is 9.26 Å². The minimum Gasteiger partial charge on any atom is -0.374 e. The van der Waals surface area contributed by atoms with Crippen molar-refractivity contribution >= 4 is 0 Å². The Hall–Kier alpha value is -2.51. The van der Waals surface area contributed by atoms with Crippen LogP contribution in [0.1, 0.15) is 28.5 Å². The van der Waals surface area contributed by atoms with E-state index in [-0.39, 0.29) is 6.04 Å². The second-order valence-corrected chi connectivity index (χ2v) is 6.78. The Labute approximate surface area is 152 Å². The molecule has 1 aliphatic heterocycles. The zero-order valence-electron chi connectivity index (χ0n) is 15.1. The first kappa shape index (κ1) is 16.9. The molecule has 0 bridgehead atoms. The Morgan fingerprint density at radius 2 is 2.19 bits per heavy atom. The van der Waals surface area contributed by atoms with E-state index in [2.05, 4.69) is 24.6 Å². The van der Waals surface area contributed by atoms with E-state index in [9.17, 15) is 0 Å². The summed E-state index contributed by atoms with van der Waals surface area (Å²) >= 11 is 0. The Morgan fingerprint density at radius 1 is 1.27 bits per heavy atom. The predicted octanol–water partition coefficient (Wildman–Crippen LogP) is 2.26. The van der Waals surface area contributed by atoms with Crippen molar-refractivity contribution in [1.29, 1.82) is 0 Å². The first-order valence-corrected chi connectivity index (χ1v) is 8.82. The van der Waals surface area contributed by atoms with Crippen LogP contribution in [0.15, 0.2) is 41.3 Å². The number of nitrogens with zero attached hydrogens (tertiary/aromatic N) is 5. The summed E-state index contributed by atoms with van der Waals surface area (Å²) in [5.74, 6) is 0.832. The highest BCUT2D eigenvalue weighted by molar-refractivity contribution is 5.19. The van der Waals surface area contributed by atoms with Gasteiger partial charge in [0.2, 0.25) is 0 Å². The molecular formula is C19H23N5O2. The molecule has 1 unspecified atom stereocenters. The van der Waals surface area contributed by atoms with Gasteiger partial charge in [0.25, 0.3) is 0 Å². The standard InChI is InChI=1S/C19H23N5O2/c1-14-7-16(22-26-14)9-24-10-18-19(23(2)13-21-18)8-17(24)12-25-11-15-5-3-4-6-20-15/h3-7,13,17H,8-12H2,1-2H3. The fraction of sp³-hybridized carbons (Fsp3) is 0.421. The number of pyridine rings is 1. The van der Waals surface area contributed by atoms with Crippen LogP contribution in [0.25, 0.3) is 0 Å². The first-order chi connectivity index (χ1) is 12.7. The van der Waals surface area contributed by atoms with Crippen LogP contribution in [0.3, 0.4) is 0 Å². The average molecular weight is 353 g/mol. The molecule has 4 heterocycles. The van der Waals surface area contributed by atoms with E-state index in [1.807, 2.05) is 44.6 Å². The lowest BCUT2D eigenvalue weighted by Crippen LogP contribution is -2.43. The number of ether oxygens (including phenoxy) is 1. The average Bonchev–Trinajstić information content (AvgIpc) is 3.22. The third-order valence-electron chi connectivity index (χ3n) is 4.77. The van der Waals surface area contributed by atoms with Crippen molar-refractivity contribution in [3.05, 3.63) is 65.3 Å². The number of aromatic nitrogens is 4. The van der Waals surface area contributed by atoms with Gasteiger partial charge < -0.3 is 13.8 Å². The summed E-state index contributed by atoms with van der Waals surface area (Å²) in [6.45, 7) is 4.59. The van der Waals surface area contributed by atoms with Gasteiger partial charge in [0.05, 0.1) is 36.6 Å². The summed E-state index contributed by atoms with van der Waals surface area (Å²) in [5.41, 5.74) is 4.30. The van der Waals surface area contributed by atoms with Gasteiger partial charge in [-0.2, -0.15) is 0 Å². The van der Waals surface area contributed by atoms with Gasteiger partial charge in [0, 0.05) is 50.6 Å². The molecule has 7 nitrogen and oxygen atoms in total. The normalized spacial score (nSPS) is 17.4. The van der Waals surface area contributed by atoms with E-state index >= 15 is 0 Å². The first-order valence-electron chi connectivity index (χ1n) is 8.82. The van der Waals surface area contributed by atoms with E-state index in [1.165, 1.54) is 5.69 Å². The number of aryl methyl sites for hydroxylation is 2. The number of hydrogen-bond donors (Lipinski definition) is 0. The fourth-order valence-corrected chi connectivity index (χ4v) is 3.40. The van der Waals surface area contributed by atoms with Crippen LogP contribution in [-0.2, 0) is 37.9 Å². The van der Waals surface area contributed by atoms with E-state index in [0.29, 0.717) is 13.2 Å².